The van der Waals surface area contributed by atoms with Crippen LogP contribution in [0.3, 0.4) is 0 Å². The van der Waals surface area contributed by atoms with Crippen LogP contribution >= 0.6 is 11.6 Å². The van der Waals surface area contributed by atoms with Crippen molar-refractivity contribution in [2.75, 3.05) is 19.9 Å². The lowest BCUT2D eigenvalue weighted by Crippen LogP contribution is -2.46. The molecule has 0 aliphatic carbocycles. The summed E-state index contributed by atoms with van der Waals surface area (Å²) < 4.78 is 44.4. The fourth-order valence-corrected chi connectivity index (χ4v) is 3.49. The zero-order chi connectivity index (χ0) is 26.7. The normalized spacial score (nSPS) is 11.9. The molecule has 0 saturated carbocycles. The van der Waals surface area contributed by atoms with E-state index in [1.165, 1.54) is 24.3 Å². The molecule has 11 heteroatoms. The van der Waals surface area contributed by atoms with Crippen molar-refractivity contribution in [2.45, 2.75) is 25.6 Å². The van der Waals surface area contributed by atoms with Crippen molar-refractivity contribution in [3.63, 3.8) is 0 Å². The van der Waals surface area contributed by atoms with Crippen LogP contribution in [-0.2, 0) is 15.7 Å². The molecule has 0 saturated heterocycles. The zero-order valence-electron chi connectivity index (χ0n) is 19.3. The maximum Gasteiger partial charge on any atom is 0.417 e. The fraction of sp³-hybridized carbons (Fsp3) is 0.250. The third-order valence-electron chi connectivity index (χ3n) is 5.40. The predicted octanol–water partition coefficient (Wildman–Crippen LogP) is 5.16. The van der Waals surface area contributed by atoms with Crippen molar-refractivity contribution in [1.82, 2.24) is 9.88 Å². The summed E-state index contributed by atoms with van der Waals surface area (Å²) in [6, 6.07) is 6.67. The van der Waals surface area contributed by atoms with Gasteiger partial charge in [-0.25, -0.2) is 9.78 Å². The van der Waals surface area contributed by atoms with E-state index in [1.54, 1.807) is 20.9 Å². The van der Waals surface area contributed by atoms with Gasteiger partial charge in [-0.05, 0) is 31.5 Å². The van der Waals surface area contributed by atoms with E-state index in [4.69, 9.17) is 22.1 Å². The van der Waals surface area contributed by atoms with E-state index in [0.717, 1.165) is 18.2 Å². The van der Waals surface area contributed by atoms with Gasteiger partial charge in [0.2, 0.25) is 0 Å². The fourth-order valence-electron chi connectivity index (χ4n) is 3.20. The lowest BCUT2D eigenvalue weighted by molar-refractivity contribution is -0.150. The lowest BCUT2D eigenvalue weighted by atomic mass is 9.92. The van der Waals surface area contributed by atoms with Crippen molar-refractivity contribution in [3.8, 4) is 23.3 Å². The number of rotatable bonds is 6. The van der Waals surface area contributed by atoms with Crippen molar-refractivity contribution >= 4 is 29.0 Å². The number of halogens is 4. The van der Waals surface area contributed by atoms with Gasteiger partial charge >= 0.3 is 12.1 Å². The molecular weight excluding hydrogens is 483 g/mol. The molecule has 35 heavy (non-hydrogen) atoms. The van der Waals surface area contributed by atoms with Crippen molar-refractivity contribution in [2.24, 2.45) is 0 Å². The number of nitriles is 2. The van der Waals surface area contributed by atoms with Crippen LogP contribution < -0.4 is 5.73 Å². The lowest BCUT2D eigenvalue weighted by Gasteiger charge is -2.32. The number of aromatic nitrogens is 1. The quantitative estimate of drug-likeness (QED) is 0.427. The van der Waals surface area contributed by atoms with Crippen molar-refractivity contribution in [1.29, 1.82) is 10.5 Å². The van der Waals surface area contributed by atoms with Crippen molar-refractivity contribution < 1.29 is 22.7 Å². The van der Waals surface area contributed by atoms with E-state index in [0.29, 0.717) is 0 Å². The summed E-state index contributed by atoms with van der Waals surface area (Å²) in [6.07, 6.45) is -1.84. The molecule has 1 heterocycles. The summed E-state index contributed by atoms with van der Waals surface area (Å²) in [5.74, 6) is -0.789. The van der Waals surface area contributed by atoms with Gasteiger partial charge in [0.05, 0.1) is 29.0 Å². The second-order valence-corrected chi connectivity index (χ2v) is 8.24. The van der Waals surface area contributed by atoms with Crippen molar-refractivity contribution in [3.05, 3.63) is 64.5 Å². The molecule has 0 aliphatic rings. The van der Waals surface area contributed by atoms with Crippen LogP contribution in [0.15, 0.2) is 37.1 Å². The Hall–Kier alpha value is -4.02. The van der Waals surface area contributed by atoms with Gasteiger partial charge in [0.1, 0.15) is 29.1 Å². The highest BCUT2D eigenvalue weighted by Gasteiger charge is 2.34. The van der Waals surface area contributed by atoms with Gasteiger partial charge in [-0.1, -0.05) is 30.3 Å². The molecule has 0 bridgehead atoms. The Morgan fingerprint density at radius 1 is 1.26 bits per heavy atom. The molecule has 2 N–H and O–H groups in total. The molecule has 1 aromatic carbocycles. The van der Waals surface area contributed by atoms with Crippen LogP contribution in [-0.4, -0.2) is 35.5 Å². The van der Waals surface area contributed by atoms with Crippen LogP contribution in [0.1, 0.15) is 36.2 Å². The first-order chi connectivity index (χ1) is 16.2. The number of carbonyl (C=O) groups excluding carboxylic acids is 1. The Balaban J connectivity index is 2.86. The first-order valence-electron chi connectivity index (χ1n) is 9.91. The number of esters is 1. The number of carbonyl (C=O) groups is 1. The molecule has 1 aromatic heterocycles. The van der Waals surface area contributed by atoms with Gasteiger partial charge in [-0.2, -0.15) is 23.7 Å². The molecule has 0 fully saturated rings. The van der Waals surface area contributed by atoms with Crippen LogP contribution in [0.4, 0.5) is 19.0 Å². The number of benzene rings is 1. The second-order valence-electron chi connectivity index (χ2n) is 7.84. The summed E-state index contributed by atoms with van der Waals surface area (Å²) in [4.78, 5) is 17.9. The Bertz CT molecular complexity index is 1300. The van der Waals surface area contributed by atoms with Gasteiger partial charge in [0.25, 0.3) is 0 Å². The summed E-state index contributed by atoms with van der Waals surface area (Å²) in [6.45, 7) is 6.95. The molecule has 2 aromatic rings. The topological polar surface area (TPSA) is 116 Å². The van der Waals surface area contributed by atoms with E-state index >= 15 is 0 Å². The number of likely N-dealkylation sites (N-methyl/N-ethyl adjacent to an activating group) is 1. The second kappa shape index (κ2) is 10.1. The van der Waals surface area contributed by atoms with E-state index in [2.05, 4.69) is 11.6 Å². The number of methoxy groups -OCH3 is 1. The zero-order valence-corrected chi connectivity index (χ0v) is 20.0. The van der Waals surface area contributed by atoms with Gasteiger partial charge in [0.15, 0.2) is 0 Å². The van der Waals surface area contributed by atoms with E-state index in [-0.39, 0.29) is 39.3 Å². The minimum Gasteiger partial charge on any atom is -0.467 e. The number of nitrogen functional groups attached to an aromatic ring is 1. The van der Waals surface area contributed by atoms with Gasteiger partial charge in [0, 0.05) is 24.4 Å². The number of pyridine rings is 1. The van der Waals surface area contributed by atoms with Crippen LogP contribution in [0, 0.1) is 22.7 Å². The smallest absolute Gasteiger partial charge is 0.417 e. The molecule has 0 radical (unpaired) electrons. The van der Waals surface area contributed by atoms with Gasteiger partial charge in [-0.3, -0.25) is 0 Å². The average molecular weight is 504 g/mol. The standard InChI is InChI=1S/C24H21ClF3N5O2/c1-6-13(12-33(4)23(2,3)22(34)35-5)20-15(10-29)19(16(11-30)21(31)32-20)14-7-8-17(18(25)9-14)24(26,27)28/h6-9,12H,1H2,2-5H3,(H2,31,32)/b13-12+. The summed E-state index contributed by atoms with van der Waals surface area (Å²) in [7, 11) is 2.84. The maximum atomic E-state index is 13.2. The third kappa shape index (κ3) is 5.23. The van der Waals surface area contributed by atoms with Crippen LogP contribution in [0.5, 0.6) is 0 Å². The first-order valence-corrected chi connectivity index (χ1v) is 10.3. The number of allylic oxidation sites excluding steroid dienone is 2. The first kappa shape index (κ1) is 27.2. The number of nitrogens with two attached hydrogens (primary N) is 1. The van der Waals surface area contributed by atoms with E-state index in [1.807, 2.05) is 12.1 Å². The highest BCUT2D eigenvalue weighted by Crippen LogP contribution is 2.40. The third-order valence-corrected chi connectivity index (χ3v) is 5.72. The maximum absolute atomic E-state index is 13.2. The Kier molecular flexibility index (Phi) is 7.84. The Morgan fingerprint density at radius 3 is 2.31 bits per heavy atom. The minimum absolute atomic E-state index is 0.0116. The molecule has 2 rings (SSSR count). The molecule has 182 valence electrons. The van der Waals surface area contributed by atoms with Crippen LogP contribution in [0.25, 0.3) is 16.7 Å². The van der Waals surface area contributed by atoms with E-state index in [9.17, 15) is 28.5 Å². The number of hydrogen-bond acceptors (Lipinski definition) is 7. The molecule has 0 amide bonds. The monoisotopic (exact) mass is 503 g/mol. The van der Waals surface area contributed by atoms with Crippen LogP contribution in [0.2, 0.25) is 5.02 Å². The minimum atomic E-state index is -4.69. The number of alkyl halides is 3. The van der Waals surface area contributed by atoms with Gasteiger partial charge < -0.3 is 15.4 Å². The number of nitrogens with zero attached hydrogens (tertiary/aromatic N) is 4. The molecule has 0 spiro atoms. The molecular formula is C24H21ClF3N5O2. The molecule has 0 unspecified atom stereocenters. The predicted molar refractivity (Wildman–Crippen MR) is 126 cm³/mol. The van der Waals surface area contributed by atoms with E-state index < -0.39 is 28.3 Å². The largest absolute Gasteiger partial charge is 0.467 e. The highest BCUT2D eigenvalue weighted by molar-refractivity contribution is 6.31. The summed E-state index contributed by atoms with van der Waals surface area (Å²) in [5, 5.41) is 19.0. The molecule has 0 aliphatic heterocycles. The summed E-state index contributed by atoms with van der Waals surface area (Å²) >= 11 is 5.88. The van der Waals surface area contributed by atoms with Gasteiger partial charge in [-0.15, -0.1) is 0 Å². The number of anilines is 1. The average Bonchev–Trinajstić information content (AvgIpc) is 2.79. The number of hydrogen-bond donors (Lipinski definition) is 1. The SMILES string of the molecule is C=C/C(=C\N(C)C(C)(C)C(=O)OC)c1nc(N)c(C#N)c(-c2ccc(C(F)(F)F)c(Cl)c2)c1C#N. The Labute approximate surface area is 205 Å². The molecule has 0 atom stereocenters. The molecule has 7 nitrogen and oxygen atoms in total. The Morgan fingerprint density at radius 2 is 1.86 bits per heavy atom. The number of ether oxygens (including phenoxy) is 1. The highest BCUT2D eigenvalue weighted by atomic mass is 35.5. The summed E-state index contributed by atoms with van der Waals surface area (Å²) in [5.41, 5.74) is 3.79.